The van der Waals surface area contributed by atoms with Crippen LogP contribution >= 0.6 is 0 Å². The van der Waals surface area contributed by atoms with Gasteiger partial charge in [-0.3, -0.25) is 14.4 Å². The van der Waals surface area contributed by atoms with Crippen molar-refractivity contribution in [2.75, 3.05) is 52.6 Å². The standard InChI is InChI=1S/C33H47BN2O9S.C31H47BN2O7S.C11H13NO7/c1-22(2)19-36(46(39,40)25-14-12-24(13-15-25)34-44-32(3,4)33(5,6)45-34)20-28(37)27(18-23-10-8-7-9-11-23)35-31(38)43-29-21-42-30-26(29)16-17-41-30;1-22(2)20-34(21-27(35)26(19-23-13-11-10-12-14-23)33-28(36)39-29(3,4)5)42(37,38)25-17-15-24(16-18-25)32-40-30(6,7)31(8,9)41-32;13-8-1-2-9(14)12(8)19-11(15)18-7-5-17-10-6(7)3-4-16-10/h7-15,22,26-30,37H,16-21H2,1-6H3,(H,35,38);10-18,22,26-27,35H,19-21H2,1-9H3,(H,33,36);6-7,10H,1-5H2/t26-,27-,28+,29-,30+;26-,27+;6-,7-,10+/m000/s1. The number of sulfonamides is 2. The Morgan fingerprint density at radius 3 is 1.27 bits per heavy atom. The number of aliphatic hydroxyl groups excluding tert-OH is 2. The third kappa shape index (κ3) is 21.9. The zero-order valence-corrected chi connectivity index (χ0v) is 65.6. The number of aliphatic hydroxyl groups is 2. The zero-order chi connectivity index (χ0) is 78.2. The van der Waals surface area contributed by atoms with Crippen molar-refractivity contribution in [3.05, 3.63) is 120 Å². The first kappa shape index (κ1) is 84.4. The second kappa shape index (κ2) is 35.2. The van der Waals surface area contributed by atoms with Crippen LogP contribution in [0.25, 0.3) is 0 Å². The topological polar surface area (TPSA) is 339 Å². The lowest BCUT2D eigenvalue weighted by Gasteiger charge is -2.32. The highest BCUT2D eigenvalue weighted by Crippen LogP contribution is 2.39. The van der Waals surface area contributed by atoms with Crippen LogP contribution in [0.2, 0.25) is 0 Å². The lowest BCUT2D eigenvalue weighted by molar-refractivity contribution is -0.179. The number of benzene rings is 4. The zero-order valence-electron chi connectivity index (χ0n) is 64.0. The van der Waals surface area contributed by atoms with Crippen molar-refractivity contribution in [3.63, 3.8) is 0 Å². The Morgan fingerprint density at radius 2 is 0.907 bits per heavy atom. The maximum atomic E-state index is 14.0. The van der Waals surface area contributed by atoms with E-state index in [1.54, 1.807) is 45.0 Å². The SMILES string of the molecule is CC(C)CN(C[C@@H](O)[C@H](Cc1ccccc1)NC(=O)OC(C)(C)C)S(=O)(=O)c1ccc(B2OC(C)(C)C(C)(C)O2)cc1.CC(C)CN(C[C@@H](O)[C@H](Cc1ccccc1)NC(=O)O[C@H]1CO[C@H]2OCC[C@H]21)S(=O)(=O)c1ccc(B2OC(C)(C)C(C)(C)O2)cc1.O=C(O[C@H]1CO[C@H]2OCC[C@H]21)ON1C(=O)CCC1=O. The fraction of sp³-hybridized carbons (Fsp3) is 0.613. The molecule has 7 aliphatic heterocycles. The van der Waals surface area contributed by atoms with E-state index in [0.29, 0.717) is 35.6 Å². The van der Waals surface area contributed by atoms with E-state index in [2.05, 4.69) is 15.5 Å². The van der Waals surface area contributed by atoms with Crippen molar-refractivity contribution in [1.29, 1.82) is 0 Å². The molecule has 0 aliphatic carbocycles. The number of hydroxylamine groups is 2. The second-order valence-electron chi connectivity index (χ2n) is 31.8. The van der Waals surface area contributed by atoms with Crippen LogP contribution in [0, 0.1) is 23.7 Å². The molecule has 10 atom stereocenters. The number of fused-ring (bicyclic) bond motifs is 2. The van der Waals surface area contributed by atoms with Crippen LogP contribution < -0.4 is 21.6 Å². The van der Waals surface area contributed by atoms with E-state index in [1.807, 2.05) is 144 Å². The van der Waals surface area contributed by atoms with E-state index < -0.39 is 129 Å². The number of ether oxygens (including phenoxy) is 7. The van der Waals surface area contributed by atoms with E-state index in [-0.39, 0.29) is 105 Å². The summed E-state index contributed by atoms with van der Waals surface area (Å²) in [5, 5.41) is 29.0. The molecule has 4 N–H and O–H groups in total. The molecule has 4 amide bonds. The maximum absolute atomic E-state index is 14.0. The first-order valence-electron chi connectivity index (χ1n) is 36.6. The van der Waals surface area contributed by atoms with E-state index in [4.69, 9.17) is 51.8 Å². The van der Waals surface area contributed by atoms with Crippen LogP contribution in [-0.2, 0) is 99.1 Å². The molecular formula is C75H107B2N5O23S2. The molecule has 4 aromatic rings. The highest BCUT2D eigenvalue weighted by atomic mass is 32.2. The van der Waals surface area contributed by atoms with Crippen molar-refractivity contribution in [3.8, 4) is 0 Å². The quantitative estimate of drug-likeness (QED) is 0.0221. The minimum atomic E-state index is -4.02. The van der Waals surface area contributed by atoms with Crippen LogP contribution in [0.15, 0.2) is 119 Å². The highest BCUT2D eigenvalue weighted by Gasteiger charge is 2.54. The molecule has 0 saturated carbocycles. The van der Waals surface area contributed by atoms with Gasteiger partial charge in [0.25, 0.3) is 11.8 Å². The second-order valence-corrected chi connectivity index (χ2v) is 35.7. The molecule has 588 valence electrons. The van der Waals surface area contributed by atoms with Crippen LogP contribution in [0.5, 0.6) is 0 Å². The van der Waals surface area contributed by atoms with Gasteiger partial charge in [0.05, 0.1) is 94.8 Å². The van der Waals surface area contributed by atoms with Gasteiger partial charge in [-0.2, -0.15) is 8.61 Å². The summed E-state index contributed by atoms with van der Waals surface area (Å²) in [6, 6.07) is 30.1. The van der Waals surface area contributed by atoms with Crippen LogP contribution in [-0.4, -0.2) is 215 Å². The molecule has 11 rings (SSSR count). The van der Waals surface area contributed by atoms with Gasteiger partial charge in [-0.15, -0.1) is 0 Å². The Kier molecular flexibility index (Phi) is 27.7. The first-order chi connectivity index (χ1) is 50.1. The molecule has 0 bridgehead atoms. The normalized spacial score (nSPS) is 23.9. The molecule has 7 saturated heterocycles. The smallest absolute Gasteiger partial charge is 0.444 e. The van der Waals surface area contributed by atoms with E-state index in [0.717, 1.165) is 24.0 Å². The summed E-state index contributed by atoms with van der Waals surface area (Å²) in [7, 11) is -9.25. The Hall–Kier alpha value is -6.62. The predicted molar refractivity (Wildman–Crippen MR) is 394 cm³/mol. The highest BCUT2D eigenvalue weighted by molar-refractivity contribution is 7.89. The van der Waals surface area contributed by atoms with Gasteiger partial charge in [-0.1, -0.05) is 118 Å². The number of hydrogen-bond donors (Lipinski definition) is 4. The summed E-state index contributed by atoms with van der Waals surface area (Å²) in [6.07, 6.45) is -4.39. The molecule has 0 radical (unpaired) electrons. The fourth-order valence-electron chi connectivity index (χ4n) is 12.9. The number of alkyl carbamates (subject to hydrolysis) is 2. The monoisotopic (exact) mass is 1530 g/mol. The van der Waals surface area contributed by atoms with Gasteiger partial charge in [0.1, 0.15) is 17.8 Å². The lowest BCUT2D eigenvalue weighted by Crippen LogP contribution is -2.52. The summed E-state index contributed by atoms with van der Waals surface area (Å²) in [6.45, 7) is 30.1. The molecule has 7 fully saturated rings. The average molecular weight is 1530 g/mol. The van der Waals surface area contributed by atoms with Crippen LogP contribution in [0.4, 0.5) is 14.4 Å². The van der Waals surface area contributed by atoms with E-state index in [1.165, 1.54) is 32.9 Å². The van der Waals surface area contributed by atoms with Crippen molar-refractivity contribution < 1.29 is 108 Å². The van der Waals surface area contributed by atoms with Gasteiger partial charge in [0, 0.05) is 39.0 Å². The Bertz CT molecular complexity index is 3840. The van der Waals surface area contributed by atoms with Crippen LogP contribution in [0.3, 0.4) is 0 Å². The third-order valence-corrected chi connectivity index (χ3v) is 23.9. The molecule has 0 aromatic heterocycles. The molecule has 7 aliphatic rings. The minimum absolute atomic E-state index is 0.0117. The molecule has 107 heavy (non-hydrogen) atoms. The van der Waals surface area contributed by atoms with Crippen molar-refractivity contribution >= 4 is 75.4 Å². The Morgan fingerprint density at radius 1 is 0.542 bits per heavy atom. The average Bonchev–Trinajstić information content (AvgIpc) is 1.53. The summed E-state index contributed by atoms with van der Waals surface area (Å²) in [4.78, 5) is 64.7. The number of imide groups is 1. The largest absolute Gasteiger partial charge is 0.534 e. The fourth-order valence-corrected chi connectivity index (χ4v) is 16.2. The third-order valence-electron chi connectivity index (χ3n) is 20.2. The molecule has 7 heterocycles. The van der Waals surface area contributed by atoms with Gasteiger partial charge in [0.2, 0.25) is 20.0 Å². The minimum Gasteiger partial charge on any atom is -0.444 e. The number of nitrogens with one attached hydrogen (secondary N) is 2. The van der Waals surface area contributed by atoms with Crippen LogP contribution in [0.1, 0.15) is 141 Å². The number of rotatable bonds is 25. The molecule has 0 unspecified atom stereocenters. The molecule has 4 aromatic carbocycles. The van der Waals surface area contributed by atoms with Gasteiger partial charge in [0.15, 0.2) is 12.6 Å². The molecule has 28 nitrogen and oxygen atoms in total. The van der Waals surface area contributed by atoms with E-state index in [9.17, 15) is 51.0 Å². The van der Waals surface area contributed by atoms with E-state index >= 15 is 0 Å². The van der Waals surface area contributed by atoms with Crippen molar-refractivity contribution in [2.45, 2.75) is 229 Å². The van der Waals surface area contributed by atoms with Gasteiger partial charge >= 0.3 is 32.6 Å². The Balaban J connectivity index is 0.000000200. The van der Waals surface area contributed by atoms with Crippen molar-refractivity contribution in [1.82, 2.24) is 24.3 Å². The lowest BCUT2D eigenvalue weighted by atomic mass is 9.79. The van der Waals surface area contributed by atoms with Crippen molar-refractivity contribution in [2.24, 2.45) is 23.7 Å². The molecule has 32 heteroatoms. The number of carbonyl (C=O) groups is 5. The summed E-state index contributed by atoms with van der Waals surface area (Å²) in [5.74, 6) is -1.16. The Labute approximate surface area is 630 Å². The first-order valence-corrected chi connectivity index (χ1v) is 39.5. The number of amides is 4. The molecule has 0 spiro atoms. The van der Waals surface area contributed by atoms with Gasteiger partial charge in [-0.25, -0.2) is 31.2 Å². The maximum Gasteiger partial charge on any atom is 0.534 e. The van der Waals surface area contributed by atoms with Gasteiger partial charge < -0.3 is 72.6 Å². The number of nitrogens with zero attached hydrogens (tertiary/aromatic N) is 3. The molecular weight excluding hydrogens is 1420 g/mol. The number of hydrogen-bond acceptors (Lipinski definition) is 23. The summed E-state index contributed by atoms with van der Waals surface area (Å²) >= 11 is 0. The predicted octanol–water partition coefficient (Wildman–Crippen LogP) is 7.19. The summed E-state index contributed by atoms with van der Waals surface area (Å²) < 4.78 is 121. The number of carbonyl (C=O) groups excluding carboxylic acids is 5. The van der Waals surface area contributed by atoms with Gasteiger partial charge in [-0.05, 0) is 160 Å². The summed E-state index contributed by atoms with van der Waals surface area (Å²) in [5.41, 5.74) is 0.363.